The van der Waals surface area contributed by atoms with Crippen molar-refractivity contribution in [2.75, 3.05) is 30.0 Å². The van der Waals surface area contributed by atoms with E-state index in [0.717, 1.165) is 16.9 Å². The average molecular weight is 409 g/mol. The zero-order chi connectivity index (χ0) is 20.2. The Labute approximate surface area is 175 Å². The number of hydrogen-bond acceptors (Lipinski definition) is 3. The standard InChI is InChI=1S/C23H21ClN2O3/c1-28-21-12-11-18(15-22(21)29-16-17-7-3-2-4-8-17)25-13-14-26(23(25)27)20-10-6-5-9-19(20)24/h2-12,15H,13-14,16H2,1H3. The van der Waals surface area contributed by atoms with Crippen molar-refractivity contribution in [2.24, 2.45) is 0 Å². The van der Waals surface area contributed by atoms with Crippen LogP contribution in [0.1, 0.15) is 5.56 Å². The number of hydrogen-bond donors (Lipinski definition) is 0. The van der Waals surface area contributed by atoms with Crippen LogP contribution in [-0.2, 0) is 6.61 Å². The van der Waals surface area contributed by atoms with E-state index in [1.165, 1.54) is 0 Å². The quantitative estimate of drug-likeness (QED) is 0.550. The van der Waals surface area contributed by atoms with Crippen molar-refractivity contribution in [2.45, 2.75) is 6.61 Å². The lowest BCUT2D eigenvalue weighted by Crippen LogP contribution is -2.31. The lowest BCUT2D eigenvalue weighted by Gasteiger charge is -2.21. The third kappa shape index (κ3) is 4.00. The summed E-state index contributed by atoms with van der Waals surface area (Å²) < 4.78 is 11.4. The van der Waals surface area contributed by atoms with Crippen molar-refractivity contribution in [3.8, 4) is 11.5 Å². The van der Waals surface area contributed by atoms with Gasteiger partial charge in [0.15, 0.2) is 11.5 Å². The molecule has 0 atom stereocenters. The molecule has 1 heterocycles. The third-order valence-corrected chi connectivity index (χ3v) is 5.17. The molecule has 0 spiro atoms. The Kier molecular flexibility index (Phi) is 5.58. The van der Waals surface area contributed by atoms with E-state index < -0.39 is 0 Å². The van der Waals surface area contributed by atoms with E-state index in [1.54, 1.807) is 23.0 Å². The second kappa shape index (κ2) is 8.45. The molecular weight excluding hydrogens is 388 g/mol. The van der Waals surface area contributed by atoms with Crippen LogP contribution in [0.4, 0.5) is 16.2 Å². The summed E-state index contributed by atoms with van der Waals surface area (Å²) in [5.74, 6) is 1.22. The monoisotopic (exact) mass is 408 g/mol. The minimum absolute atomic E-state index is 0.114. The molecule has 3 aromatic carbocycles. The van der Waals surface area contributed by atoms with Crippen LogP contribution in [0.2, 0.25) is 5.02 Å². The molecule has 3 aromatic rings. The first-order valence-electron chi connectivity index (χ1n) is 9.35. The highest BCUT2D eigenvalue weighted by Crippen LogP contribution is 2.35. The second-order valence-electron chi connectivity index (χ2n) is 6.65. The predicted molar refractivity (Wildman–Crippen MR) is 115 cm³/mol. The summed E-state index contributed by atoms with van der Waals surface area (Å²) >= 11 is 6.28. The Morgan fingerprint density at radius 3 is 2.38 bits per heavy atom. The van der Waals surface area contributed by atoms with Crippen LogP contribution >= 0.6 is 11.6 Å². The molecule has 1 aliphatic rings. The number of carbonyl (C=O) groups excluding carboxylic acids is 1. The number of urea groups is 1. The topological polar surface area (TPSA) is 42.0 Å². The van der Waals surface area contributed by atoms with Gasteiger partial charge in [-0.3, -0.25) is 9.80 Å². The molecular formula is C23H21ClN2O3. The van der Waals surface area contributed by atoms with Gasteiger partial charge in [0.25, 0.3) is 0 Å². The van der Waals surface area contributed by atoms with Crippen LogP contribution in [-0.4, -0.2) is 26.2 Å². The number of para-hydroxylation sites is 1. The summed E-state index contributed by atoms with van der Waals surface area (Å²) in [7, 11) is 1.60. The Morgan fingerprint density at radius 1 is 0.897 bits per heavy atom. The van der Waals surface area contributed by atoms with Crippen molar-refractivity contribution >= 4 is 29.0 Å². The van der Waals surface area contributed by atoms with E-state index in [-0.39, 0.29) is 6.03 Å². The fraction of sp³-hybridized carbons (Fsp3) is 0.174. The summed E-state index contributed by atoms with van der Waals surface area (Å²) in [6, 6.07) is 22.7. The number of amides is 2. The van der Waals surface area contributed by atoms with Gasteiger partial charge in [0, 0.05) is 24.8 Å². The molecule has 0 aliphatic carbocycles. The van der Waals surface area contributed by atoms with Crippen molar-refractivity contribution in [3.05, 3.63) is 83.4 Å². The smallest absolute Gasteiger partial charge is 0.329 e. The minimum atomic E-state index is -0.114. The Balaban J connectivity index is 1.55. The van der Waals surface area contributed by atoms with Crippen molar-refractivity contribution in [1.82, 2.24) is 0 Å². The SMILES string of the molecule is COc1ccc(N2CCN(c3ccccc3Cl)C2=O)cc1OCc1ccccc1. The molecule has 1 aliphatic heterocycles. The molecule has 6 heteroatoms. The van der Waals surface area contributed by atoms with Crippen LogP contribution in [0, 0.1) is 0 Å². The van der Waals surface area contributed by atoms with Crippen LogP contribution < -0.4 is 19.3 Å². The van der Waals surface area contributed by atoms with E-state index >= 15 is 0 Å². The first-order chi connectivity index (χ1) is 14.2. The number of halogens is 1. The van der Waals surface area contributed by atoms with Crippen LogP contribution in [0.5, 0.6) is 11.5 Å². The molecule has 5 nitrogen and oxygen atoms in total. The normalized spacial score (nSPS) is 13.7. The Hall–Kier alpha value is -3.18. The van der Waals surface area contributed by atoms with Gasteiger partial charge < -0.3 is 9.47 Å². The maximum absolute atomic E-state index is 13.0. The first-order valence-corrected chi connectivity index (χ1v) is 9.73. The van der Waals surface area contributed by atoms with Crippen LogP contribution in [0.25, 0.3) is 0 Å². The van der Waals surface area contributed by atoms with E-state index in [9.17, 15) is 4.79 Å². The largest absolute Gasteiger partial charge is 0.493 e. The Morgan fingerprint density at radius 2 is 1.62 bits per heavy atom. The molecule has 0 aromatic heterocycles. The highest BCUT2D eigenvalue weighted by Gasteiger charge is 2.32. The predicted octanol–water partition coefficient (Wildman–Crippen LogP) is 5.37. The van der Waals surface area contributed by atoms with Gasteiger partial charge in [-0.25, -0.2) is 4.79 Å². The summed E-state index contributed by atoms with van der Waals surface area (Å²) in [6.45, 7) is 1.55. The summed E-state index contributed by atoms with van der Waals surface area (Å²) in [5, 5.41) is 0.560. The maximum Gasteiger partial charge on any atom is 0.329 e. The number of carbonyl (C=O) groups is 1. The number of methoxy groups -OCH3 is 1. The van der Waals surface area contributed by atoms with Gasteiger partial charge >= 0.3 is 6.03 Å². The van der Waals surface area contributed by atoms with Gasteiger partial charge in [-0.2, -0.15) is 0 Å². The van der Waals surface area contributed by atoms with E-state index in [2.05, 4.69) is 0 Å². The second-order valence-corrected chi connectivity index (χ2v) is 7.05. The average Bonchev–Trinajstić information content (AvgIpc) is 3.14. The number of benzene rings is 3. The lowest BCUT2D eigenvalue weighted by atomic mass is 10.2. The van der Waals surface area contributed by atoms with Crippen molar-refractivity contribution in [3.63, 3.8) is 0 Å². The molecule has 1 fully saturated rings. The number of nitrogens with zero attached hydrogens (tertiary/aromatic N) is 2. The molecule has 4 rings (SSSR count). The molecule has 1 saturated heterocycles. The molecule has 0 saturated carbocycles. The minimum Gasteiger partial charge on any atom is -0.493 e. The number of ether oxygens (including phenoxy) is 2. The van der Waals surface area contributed by atoms with Gasteiger partial charge in [0.05, 0.1) is 17.8 Å². The zero-order valence-corrected chi connectivity index (χ0v) is 16.8. The lowest BCUT2D eigenvalue weighted by molar-refractivity contribution is 0.255. The van der Waals surface area contributed by atoms with Gasteiger partial charge in [-0.1, -0.05) is 54.1 Å². The molecule has 148 valence electrons. The van der Waals surface area contributed by atoms with E-state index in [1.807, 2.05) is 66.7 Å². The summed E-state index contributed by atoms with van der Waals surface area (Å²) in [4.78, 5) is 16.4. The Bertz CT molecular complexity index is 1010. The van der Waals surface area contributed by atoms with Crippen molar-refractivity contribution < 1.29 is 14.3 Å². The summed E-state index contributed by atoms with van der Waals surface area (Å²) in [6.07, 6.45) is 0. The van der Waals surface area contributed by atoms with Gasteiger partial charge in [0.1, 0.15) is 6.61 Å². The van der Waals surface area contributed by atoms with Crippen molar-refractivity contribution in [1.29, 1.82) is 0 Å². The fourth-order valence-corrected chi connectivity index (χ4v) is 3.59. The van der Waals surface area contributed by atoms with E-state index in [0.29, 0.717) is 36.2 Å². The number of anilines is 2. The van der Waals surface area contributed by atoms with Gasteiger partial charge in [-0.05, 0) is 29.8 Å². The molecule has 0 N–H and O–H groups in total. The van der Waals surface area contributed by atoms with Crippen LogP contribution in [0.15, 0.2) is 72.8 Å². The third-order valence-electron chi connectivity index (χ3n) is 4.85. The molecule has 0 bridgehead atoms. The van der Waals surface area contributed by atoms with Gasteiger partial charge in [-0.15, -0.1) is 0 Å². The molecule has 29 heavy (non-hydrogen) atoms. The highest BCUT2D eigenvalue weighted by atomic mass is 35.5. The van der Waals surface area contributed by atoms with Gasteiger partial charge in [0.2, 0.25) is 0 Å². The first kappa shape index (κ1) is 19.2. The molecule has 2 amide bonds. The molecule has 0 unspecified atom stereocenters. The zero-order valence-electron chi connectivity index (χ0n) is 16.0. The molecule has 0 radical (unpaired) electrons. The summed E-state index contributed by atoms with van der Waals surface area (Å²) in [5.41, 5.74) is 2.53. The fourth-order valence-electron chi connectivity index (χ4n) is 3.35. The number of rotatable bonds is 6. The van der Waals surface area contributed by atoms with E-state index in [4.69, 9.17) is 21.1 Å². The maximum atomic E-state index is 13.0. The van der Waals surface area contributed by atoms with Crippen LogP contribution in [0.3, 0.4) is 0 Å². The highest BCUT2D eigenvalue weighted by molar-refractivity contribution is 6.34.